The van der Waals surface area contributed by atoms with E-state index in [4.69, 9.17) is 4.74 Å². The van der Waals surface area contributed by atoms with Gasteiger partial charge in [0.25, 0.3) is 5.78 Å². The topological polar surface area (TPSA) is 113 Å². The van der Waals surface area contributed by atoms with Gasteiger partial charge in [-0.1, -0.05) is 89.3 Å². The van der Waals surface area contributed by atoms with Crippen LogP contribution in [0.2, 0.25) is 0 Å². The molecule has 10 heteroatoms. The summed E-state index contributed by atoms with van der Waals surface area (Å²) in [6.07, 6.45) is 0. The van der Waals surface area contributed by atoms with Gasteiger partial charge < -0.3 is 14.9 Å². The molecule has 2 heterocycles. The maximum Gasteiger partial charge on any atom is 0.301 e. The molecule has 0 aliphatic carbocycles. The summed E-state index contributed by atoms with van der Waals surface area (Å²) in [5.74, 6) is -1.23. The maximum absolute atomic E-state index is 13.4. The predicted octanol–water partition coefficient (Wildman–Crippen LogP) is 5.48. The zero-order valence-corrected chi connectivity index (χ0v) is 22.1. The van der Waals surface area contributed by atoms with Gasteiger partial charge in [-0.3, -0.25) is 14.5 Å². The molecule has 1 unspecified atom stereocenters. The molecule has 1 saturated heterocycles. The van der Waals surface area contributed by atoms with Gasteiger partial charge >= 0.3 is 5.91 Å². The van der Waals surface area contributed by atoms with Gasteiger partial charge in [-0.15, -0.1) is 10.2 Å². The summed E-state index contributed by atoms with van der Waals surface area (Å²) in [7, 11) is 1.41. The van der Waals surface area contributed by atoms with Crippen LogP contribution in [0.4, 0.5) is 5.13 Å². The highest BCUT2D eigenvalue weighted by Gasteiger charge is 2.48. The molecule has 0 bridgehead atoms. The molecule has 4 aromatic rings. The van der Waals surface area contributed by atoms with Crippen LogP contribution in [0.5, 0.6) is 11.5 Å². The van der Waals surface area contributed by atoms with E-state index < -0.39 is 17.7 Å². The Morgan fingerprint density at radius 3 is 2.50 bits per heavy atom. The number of amides is 1. The largest absolute Gasteiger partial charge is 0.507 e. The van der Waals surface area contributed by atoms with Crippen molar-refractivity contribution in [3.05, 3.63) is 101 Å². The van der Waals surface area contributed by atoms with Crippen LogP contribution in [0.25, 0.3) is 5.76 Å². The lowest BCUT2D eigenvalue weighted by atomic mass is 9.95. The number of aromatic nitrogens is 2. The van der Waals surface area contributed by atoms with E-state index in [9.17, 15) is 19.8 Å². The summed E-state index contributed by atoms with van der Waals surface area (Å²) in [6, 6.07) is 20.4. The molecule has 1 fully saturated rings. The second-order valence-electron chi connectivity index (χ2n) is 8.59. The number of rotatable bonds is 7. The molecule has 1 aliphatic heterocycles. The van der Waals surface area contributed by atoms with E-state index >= 15 is 0 Å². The van der Waals surface area contributed by atoms with Gasteiger partial charge in [0.1, 0.15) is 5.76 Å². The normalized spacial score (nSPS) is 16.7. The summed E-state index contributed by atoms with van der Waals surface area (Å²) in [5.41, 5.74) is 2.88. The van der Waals surface area contributed by atoms with Crippen molar-refractivity contribution in [2.75, 3.05) is 12.0 Å². The minimum absolute atomic E-state index is 0.0831. The van der Waals surface area contributed by atoms with E-state index in [1.165, 1.54) is 47.2 Å². The summed E-state index contributed by atoms with van der Waals surface area (Å²) < 4.78 is 5.90. The standard InChI is InChI=1S/C28H23N3O5S2/c1-16-8-10-18(11-9-16)24(33)22-23(19-12-13-20(32)21(14-19)36-2)31(26(35)25(22)34)27-29-30-28(38-27)37-15-17-6-4-3-5-7-17/h3-14,23,32-33H,15H2,1-2H3/b24-22-. The molecule has 5 rings (SSSR count). The van der Waals surface area contributed by atoms with E-state index in [-0.39, 0.29) is 28.0 Å². The Hall–Kier alpha value is -4.15. The summed E-state index contributed by atoms with van der Waals surface area (Å²) in [6.45, 7) is 1.91. The number of phenols is 1. The van der Waals surface area contributed by atoms with Gasteiger partial charge in [0.05, 0.1) is 18.7 Å². The molecule has 1 amide bonds. The Morgan fingerprint density at radius 2 is 1.79 bits per heavy atom. The average Bonchev–Trinajstić information content (AvgIpc) is 3.50. The van der Waals surface area contributed by atoms with E-state index in [0.29, 0.717) is 21.2 Å². The minimum Gasteiger partial charge on any atom is -0.507 e. The number of ether oxygens (including phenoxy) is 1. The minimum atomic E-state index is -1.01. The second kappa shape index (κ2) is 10.7. The van der Waals surface area contributed by atoms with Crippen molar-refractivity contribution in [1.29, 1.82) is 0 Å². The Bertz CT molecular complexity index is 1530. The van der Waals surface area contributed by atoms with Crippen molar-refractivity contribution in [1.82, 2.24) is 10.2 Å². The van der Waals surface area contributed by atoms with Crippen LogP contribution < -0.4 is 9.64 Å². The monoisotopic (exact) mass is 545 g/mol. The Morgan fingerprint density at radius 1 is 1.05 bits per heavy atom. The van der Waals surface area contributed by atoms with Crippen LogP contribution in [-0.2, 0) is 15.3 Å². The third-order valence-corrected chi connectivity index (χ3v) is 8.22. The molecule has 1 atom stereocenters. The number of ketones is 1. The number of carbonyl (C=O) groups excluding carboxylic acids is 2. The van der Waals surface area contributed by atoms with E-state index in [1.54, 1.807) is 18.2 Å². The van der Waals surface area contributed by atoms with Crippen LogP contribution in [0, 0.1) is 6.92 Å². The molecule has 2 N–H and O–H groups in total. The number of methoxy groups -OCH3 is 1. The number of hydrogen-bond acceptors (Lipinski definition) is 9. The smallest absolute Gasteiger partial charge is 0.301 e. The highest BCUT2D eigenvalue weighted by molar-refractivity contribution is 8.00. The first kappa shape index (κ1) is 25.5. The van der Waals surface area contributed by atoms with Crippen molar-refractivity contribution >= 4 is 45.7 Å². The zero-order valence-electron chi connectivity index (χ0n) is 20.5. The SMILES string of the molecule is COc1cc(C2/C(=C(/O)c3ccc(C)cc3)C(=O)C(=O)N2c2nnc(SCc3ccccc3)s2)ccc1O. The molecule has 0 radical (unpaired) electrons. The highest BCUT2D eigenvalue weighted by atomic mass is 32.2. The van der Waals surface area contributed by atoms with Crippen LogP contribution in [0.1, 0.15) is 28.3 Å². The molecule has 1 aliphatic rings. The van der Waals surface area contributed by atoms with E-state index in [2.05, 4.69) is 10.2 Å². The number of hydrogen-bond donors (Lipinski definition) is 2. The van der Waals surface area contributed by atoms with Crippen LogP contribution in [0.15, 0.2) is 82.7 Å². The van der Waals surface area contributed by atoms with Gasteiger partial charge in [0.15, 0.2) is 15.8 Å². The number of aliphatic hydroxyl groups excluding tert-OH is 1. The number of Topliss-reactive ketones (excluding diaryl/α,β-unsaturated/α-hetero) is 1. The number of aryl methyl sites for hydroxylation is 1. The molecule has 3 aromatic carbocycles. The van der Waals surface area contributed by atoms with Crippen LogP contribution in [-0.4, -0.2) is 39.2 Å². The number of aliphatic hydroxyl groups is 1. The number of anilines is 1. The van der Waals surface area contributed by atoms with Crippen molar-refractivity contribution in [3.63, 3.8) is 0 Å². The summed E-state index contributed by atoms with van der Waals surface area (Å²) in [4.78, 5) is 28.0. The third-order valence-electron chi connectivity index (χ3n) is 6.10. The van der Waals surface area contributed by atoms with E-state index in [0.717, 1.165) is 11.1 Å². The maximum atomic E-state index is 13.4. The molecule has 0 saturated carbocycles. The summed E-state index contributed by atoms with van der Waals surface area (Å²) in [5, 5.41) is 30.1. The van der Waals surface area contributed by atoms with Gasteiger partial charge in [-0.25, -0.2) is 0 Å². The molecular weight excluding hydrogens is 522 g/mol. The zero-order chi connectivity index (χ0) is 26.8. The second-order valence-corrected chi connectivity index (χ2v) is 10.8. The van der Waals surface area contributed by atoms with Gasteiger partial charge in [-0.05, 0) is 30.2 Å². The number of benzene rings is 3. The number of aromatic hydroxyl groups is 1. The Kier molecular flexibility index (Phi) is 7.17. The van der Waals surface area contributed by atoms with Crippen LogP contribution in [0.3, 0.4) is 0 Å². The molecule has 192 valence electrons. The molecule has 38 heavy (non-hydrogen) atoms. The van der Waals surface area contributed by atoms with Crippen molar-refractivity contribution in [2.45, 2.75) is 23.1 Å². The Labute approximate surface area is 227 Å². The van der Waals surface area contributed by atoms with Crippen molar-refractivity contribution in [3.8, 4) is 11.5 Å². The lowest BCUT2D eigenvalue weighted by Crippen LogP contribution is -2.29. The molecule has 8 nitrogen and oxygen atoms in total. The van der Waals surface area contributed by atoms with Crippen molar-refractivity contribution in [2.24, 2.45) is 0 Å². The number of phenolic OH excluding ortho intramolecular Hbond substituents is 1. The lowest BCUT2D eigenvalue weighted by Gasteiger charge is -2.23. The quantitative estimate of drug-likeness (QED) is 0.103. The first-order valence-electron chi connectivity index (χ1n) is 11.6. The molecular formula is C28H23N3O5S2. The summed E-state index contributed by atoms with van der Waals surface area (Å²) >= 11 is 2.66. The van der Waals surface area contributed by atoms with E-state index in [1.807, 2.05) is 49.4 Å². The fraction of sp³-hybridized carbons (Fsp3) is 0.143. The molecule has 1 aromatic heterocycles. The Balaban J connectivity index is 1.58. The number of thioether (sulfide) groups is 1. The molecule has 0 spiro atoms. The van der Waals surface area contributed by atoms with Gasteiger partial charge in [0, 0.05) is 11.3 Å². The fourth-order valence-corrected chi connectivity index (χ4v) is 5.98. The first-order valence-corrected chi connectivity index (χ1v) is 13.4. The fourth-order valence-electron chi connectivity index (χ4n) is 4.15. The van der Waals surface area contributed by atoms with Gasteiger partial charge in [0.2, 0.25) is 5.13 Å². The van der Waals surface area contributed by atoms with Crippen molar-refractivity contribution < 1.29 is 24.5 Å². The third kappa shape index (κ3) is 4.88. The van der Waals surface area contributed by atoms with Crippen LogP contribution >= 0.6 is 23.1 Å². The number of nitrogens with zero attached hydrogens (tertiary/aromatic N) is 3. The first-order chi connectivity index (χ1) is 18.4. The highest BCUT2D eigenvalue weighted by Crippen LogP contribution is 2.45. The van der Waals surface area contributed by atoms with Gasteiger partial charge in [-0.2, -0.15) is 0 Å². The average molecular weight is 546 g/mol. The lowest BCUT2D eigenvalue weighted by molar-refractivity contribution is -0.132. The number of carbonyl (C=O) groups is 2. The predicted molar refractivity (Wildman–Crippen MR) is 147 cm³/mol.